The zero-order chi connectivity index (χ0) is 7.72. The third kappa shape index (κ3) is 1.92. The van der Waals surface area contributed by atoms with Gasteiger partial charge in [0.05, 0.1) is 9.16 Å². The van der Waals surface area contributed by atoms with E-state index in [1.807, 2.05) is 37.4 Å². The van der Waals surface area contributed by atoms with Gasteiger partial charge in [-0.25, -0.2) is 0 Å². The van der Waals surface area contributed by atoms with Crippen LogP contribution in [0.15, 0.2) is 0 Å². The molecule has 1 saturated heterocycles. The van der Waals surface area contributed by atoms with Crippen molar-refractivity contribution in [2.24, 2.45) is 0 Å². The molecule has 1 aliphatic rings. The lowest BCUT2D eigenvalue weighted by atomic mass is 10.9. The molecule has 1 fully saturated rings. The van der Waals surface area contributed by atoms with Crippen LogP contribution in [-0.2, 0) is 10.8 Å². The Morgan fingerprint density at radius 3 is 1.90 bits per heavy atom. The van der Waals surface area contributed by atoms with Gasteiger partial charge in [-0.15, -0.1) is 23.5 Å². The van der Waals surface area contributed by atoms with Crippen LogP contribution in [-0.4, -0.2) is 18.0 Å². The lowest BCUT2D eigenvalue weighted by Crippen LogP contribution is -2.24. The molecule has 1 rings (SSSR count). The van der Waals surface area contributed by atoms with Gasteiger partial charge in [0.25, 0.3) is 0 Å². The minimum Gasteiger partial charge on any atom is -0.257 e. The van der Waals surface area contributed by atoms with Gasteiger partial charge in [-0.3, -0.25) is 4.21 Å². The first kappa shape index (κ1) is 8.94. The first-order chi connectivity index (χ1) is 4.61. The third-order valence-electron chi connectivity index (χ3n) is 1.42. The molecule has 0 radical (unpaired) electrons. The maximum absolute atomic E-state index is 11.3. The molecule has 1 heterocycles. The zero-order valence-corrected chi connectivity index (χ0v) is 8.81. The topological polar surface area (TPSA) is 17.1 Å². The molecule has 0 aromatic heterocycles. The van der Waals surface area contributed by atoms with Crippen molar-refractivity contribution in [3.63, 3.8) is 0 Å². The molecule has 0 aromatic carbocycles. The van der Waals surface area contributed by atoms with Crippen LogP contribution < -0.4 is 0 Å². The SMILES string of the molecule is CC1S[C@@H](C)S(=O)[C@@H](C)S1. The lowest BCUT2D eigenvalue weighted by molar-refractivity contribution is 0.681. The van der Waals surface area contributed by atoms with Crippen molar-refractivity contribution >= 4 is 34.3 Å². The number of hydrogen-bond acceptors (Lipinski definition) is 3. The molecule has 0 aromatic rings. The minimum atomic E-state index is -0.624. The highest BCUT2D eigenvalue weighted by atomic mass is 32.3. The van der Waals surface area contributed by atoms with Gasteiger partial charge in [0.2, 0.25) is 0 Å². The van der Waals surface area contributed by atoms with E-state index in [0.29, 0.717) is 13.7 Å². The molecule has 0 bridgehead atoms. The Morgan fingerprint density at radius 1 is 1.10 bits per heavy atom. The molecule has 4 heteroatoms. The van der Waals surface area contributed by atoms with Crippen LogP contribution in [0.2, 0.25) is 0 Å². The normalized spacial score (nSPS) is 49.1. The third-order valence-corrected chi connectivity index (χ3v) is 6.73. The fourth-order valence-corrected chi connectivity index (χ4v) is 7.34. The summed E-state index contributed by atoms with van der Waals surface area (Å²) in [6.07, 6.45) is 0. The summed E-state index contributed by atoms with van der Waals surface area (Å²) in [7, 11) is -0.624. The first-order valence-corrected chi connectivity index (χ1v) is 6.47. The van der Waals surface area contributed by atoms with E-state index in [9.17, 15) is 4.21 Å². The van der Waals surface area contributed by atoms with Crippen molar-refractivity contribution < 1.29 is 4.21 Å². The highest BCUT2D eigenvalue weighted by Gasteiger charge is 2.28. The molecular formula is C6H12OS3. The van der Waals surface area contributed by atoms with Crippen LogP contribution in [0.4, 0.5) is 0 Å². The molecule has 0 saturated carbocycles. The summed E-state index contributed by atoms with van der Waals surface area (Å²) in [6, 6.07) is 0. The summed E-state index contributed by atoms with van der Waals surface area (Å²) in [5, 5.41) is 0. The Kier molecular flexibility index (Phi) is 3.13. The second-order valence-corrected chi connectivity index (χ2v) is 8.64. The predicted molar refractivity (Wildman–Crippen MR) is 51.7 cm³/mol. The van der Waals surface area contributed by atoms with Crippen molar-refractivity contribution in [2.45, 2.75) is 34.5 Å². The largest absolute Gasteiger partial charge is 0.257 e. The Balaban J connectivity index is 2.57. The van der Waals surface area contributed by atoms with Crippen molar-refractivity contribution in [3.05, 3.63) is 0 Å². The second kappa shape index (κ2) is 3.50. The Bertz CT molecular complexity index is 134. The van der Waals surface area contributed by atoms with Crippen LogP contribution in [0.1, 0.15) is 20.8 Å². The Labute approximate surface area is 73.2 Å². The van der Waals surface area contributed by atoms with Gasteiger partial charge in [0.15, 0.2) is 0 Å². The molecule has 0 aliphatic carbocycles. The van der Waals surface area contributed by atoms with E-state index in [1.54, 1.807) is 0 Å². The zero-order valence-electron chi connectivity index (χ0n) is 6.37. The minimum absolute atomic E-state index is 0.325. The highest BCUT2D eigenvalue weighted by molar-refractivity contribution is 8.29. The summed E-state index contributed by atoms with van der Waals surface area (Å²) in [5.74, 6) is 0. The predicted octanol–water partition coefficient (Wildman–Crippen LogP) is 2.25. The summed E-state index contributed by atoms with van der Waals surface area (Å²) in [5.41, 5.74) is 0. The van der Waals surface area contributed by atoms with Gasteiger partial charge in [-0.2, -0.15) is 0 Å². The van der Waals surface area contributed by atoms with Gasteiger partial charge in [-0.1, -0.05) is 0 Å². The van der Waals surface area contributed by atoms with Crippen molar-refractivity contribution in [2.75, 3.05) is 0 Å². The number of hydrogen-bond donors (Lipinski definition) is 0. The molecule has 0 amide bonds. The number of rotatable bonds is 0. The number of thioether (sulfide) groups is 2. The standard InChI is InChI=1S/C6H12OS3/c1-4-8-5(2)10(7)6(3)9-4/h4-6H,1-3H3/t4?,5-,6+,10?. The molecule has 60 valence electrons. The fourth-order valence-electron chi connectivity index (χ4n) is 0.951. The van der Waals surface area contributed by atoms with Crippen molar-refractivity contribution in [1.29, 1.82) is 0 Å². The van der Waals surface area contributed by atoms with Gasteiger partial charge in [0, 0.05) is 15.4 Å². The summed E-state index contributed by atoms with van der Waals surface area (Å²) in [4.78, 5) is 0. The van der Waals surface area contributed by atoms with Crippen LogP contribution in [0.3, 0.4) is 0 Å². The quantitative estimate of drug-likeness (QED) is 0.591. The van der Waals surface area contributed by atoms with Gasteiger partial charge in [-0.05, 0) is 20.8 Å². The average Bonchev–Trinajstić information content (AvgIpc) is 1.82. The molecular weight excluding hydrogens is 184 g/mol. The Morgan fingerprint density at radius 2 is 1.50 bits per heavy atom. The van der Waals surface area contributed by atoms with E-state index in [-0.39, 0.29) is 0 Å². The maximum atomic E-state index is 11.3. The molecule has 1 nitrogen and oxygen atoms in total. The first-order valence-electron chi connectivity index (χ1n) is 3.31. The molecule has 10 heavy (non-hydrogen) atoms. The van der Waals surface area contributed by atoms with Gasteiger partial charge >= 0.3 is 0 Å². The highest BCUT2D eigenvalue weighted by Crippen LogP contribution is 2.39. The van der Waals surface area contributed by atoms with E-state index in [0.717, 1.165) is 0 Å². The summed E-state index contributed by atoms with van der Waals surface area (Å²) in [6.45, 7) is 6.28. The van der Waals surface area contributed by atoms with Crippen molar-refractivity contribution in [3.8, 4) is 0 Å². The monoisotopic (exact) mass is 196 g/mol. The summed E-state index contributed by atoms with van der Waals surface area (Å²) >= 11 is 3.63. The molecule has 4 atom stereocenters. The fraction of sp³-hybridized carbons (Fsp3) is 1.00. The van der Waals surface area contributed by atoms with Crippen molar-refractivity contribution in [1.82, 2.24) is 0 Å². The van der Waals surface area contributed by atoms with E-state index >= 15 is 0 Å². The van der Waals surface area contributed by atoms with Gasteiger partial charge < -0.3 is 0 Å². The smallest absolute Gasteiger partial charge is 0.0795 e. The van der Waals surface area contributed by atoms with E-state index in [2.05, 4.69) is 6.92 Å². The van der Waals surface area contributed by atoms with Crippen LogP contribution >= 0.6 is 23.5 Å². The summed E-state index contributed by atoms with van der Waals surface area (Å²) < 4.78 is 12.6. The van der Waals surface area contributed by atoms with E-state index in [4.69, 9.17) is 0 Å². The molecule has 1 aliphatic heterocycles. The van der Waals surface area contributed by atoms with E-state index < -0.39 is 10.8 Å². The molecule has 2 unspecified atom stereocenters. The lowest BCUT2D eigenvalue weighted by Gasteiger charge is -2.27. The average molecular weight is 196 g/mol. The molecule has 0 spiro atoms. The van der Waals surface area contributed by atoms with Gasteiger partial charge in [0.1, 0.15) is 0 Å². The molecule has 0 N–H and O–H groups in total. The van der Waals surface area contributed by atoms with Crippen LogP contribution in [0.5, 0.6) is 0 Å². The second-order valence-electron chi connectivity index (χ2n) is 2.30. The van der Waals surface area contributed by atoms with Crippen LogP contribution in [0, 0.1) is 0 Å². The maximum Gasteiger partial charge on any atom is 0.0795 e. The Hall–Kier alpha value is 0.850. The van der Waals surface area contributed by atoms with E-state index in [1.165, 1.54) is 0 Å². The van der Waals surface area contributed by atoms with Crippen LogP contribution in [0.25, 0.3) is 0 Å².